The zero-order valence-corrected chi connectivity index (χ0v) is 14.6. The number of hydrogen-bond donors (Lipinski definition) is 0. The highest BCUT2D eigenvalue weighted by Crippen LogP contribution is 2.29. The lowest BCUT2D eigenvalue weighted by Gasteiger charge is -2.16. The molecule has 24 heavy (non-hydrogen) atoms. The van der Waals surface area contributed by atoms with Gasteiger partial charge in [0.15, 0.2) is 5.75 Å². The lowest BCUT2D eigenvalue weighted by molar-refractivity contribution is -0.117. The minimum atomic E-state index is -3.99. The molecular formula is C17H16ClNO4S. The third kappa shape index (κ3) is 3.39. The SMILES string of the molecule is Cc1ccc(Cl)c(OS(=O)(=O)c2ccc(N3CCCC3=O)cc2)c1. The first-order valence-corrected chi connectivity index (χ1v) is 9.26. The average Bonchev–Trinajstić information content (AvgIpc) is 2.97. The monoisotopic (exact) mass is 365 g/mol. The number of carbonyl (C=O) groups is 1. The number of benzene rings is 2. The van der Waals surface area contributed by atoms with Crippen molar-refractivity contribution in [1.29, 1.82) is 0 Å². The Morgan fingerprint density at radius 1 is 1.12 bits per heavy atom. The fraction of sp³-hybridized carbons (Fsp3) is 0.235. The normalized spacial score (nSPS) is 14.9. The summed E-state index contributed by atoms with van der Waals surface area (Å²) in [6.07, 6.45) is 1.34. The van der Waals surface area contributed by atoms with Gasteiger partial charge in [0.2, 0.25) is 5.91 Å². The van der Waals surface area contributed by atoms with Gasteiger partial charge < -0.3 is 9.08 Å². The summed E-state index contributed by atoms with van der Waals surface area (Å²) >= 11 is 5.98. The van der Waals surface area contributed by atoms with Crippen LogP contribution in [0.4, 0.5) is 5.69 Å². The number of hydrogen-bond acceptors (Lipinski definition) is 4. The van der Waals surface area contributed by atoms with Crippen molar-refractivity contribution in [2.75, 3.05) is 11.4 Å². The Balaban J connectivity index is 1.84. The van der Waals surface area contributed by atoms with Crippen molar-refractivity contribution in [3.05, 3.63) is 53.1 Å². The molecule has 0 unspecified atom stereocenters. The Bertz CT molecular complexity index is 878. The number of aryl methyl sites for hydroxylation is 1. The van der Waals surface area contributed by atoms with Crippen molar-refractivity contribution >= 4 is 33.3 Å². The van der Waals surface area contributed by atoms with Gasteiger partial charge in [-0.05, 0) is 55.3 Å². The van der Waals surface area contributed by atoms with Gasteiger partial charge in [0.05, 0.1) is 5.02 Å². The molecule has 2 aromatic carbocycles. The van der Waals surface area contributed by atoms with Gasteiger partial charge in [-0.25, -0.2) is 0 Å². The minimum absolute atomic E-state index is 0.00969. The maximum atomic E-state index is 12.4. The van der Waals surface area contributed by atoms with Crippen LogP contribution < -0.4 is 9.08 Å². The fourth-order valence-corrected chi connectivity index (χ4v) is 3.70. The summed E-state index contributed by atoms with van der Waals surface area (Å²) in [7, 11) is -3.99. The number of amides is 1. The van der Waals surface area contributed by atoms with Crippen LogP contribution in [-0.2, 0) is 14.9 Å². The topological polar surface area (TPSA) is 63.7 Å². The van der Waals surface area contributed by atoms with Crippen molar-refractivity contribution in [3.63, 3.8) is 0 Å². The minimum Gasteiger partial charge on any atom is -0.377 e. The van der Waals surface area contributed by atoms with Crippen LogP contribution >= 0.6 is 11.6 Å². The highest BCUT2D eigenvalue weighted by Gasteiger charge is 2.23. The molecule has 1 fully saturated rings. The lowest BCUT2D eigenvalue weighted by atomic mass is 10.2. The van der Waals surface area contributed by atoms with Gasteiger partial charge in [0, 0.05) is 18.7 Å². The van der Waals surface area contributed by atoms with Gasteiger partial charge in [0.1, 0.15) is 4.90 Å². The first-order valence-electron chi connectivity index (χ1n) is 7.48. The third-order valence-corrected chi connectivity index (χ3v) is 5.36. The number of carbonyl (C=O) groups excluding carboxylic acids is 1. The van der Waals surface area contributed by atoms with Crippen LogP contribution in [0.25, 0.3) is 0 Å². The average molecular weight is 366 g/mol. The van der Waals surface area contributed by atoms with E-state index in [-0.39, 0.29) is 21.6 Å². The smallest absolute Gasteiger partial charge is 0.339 e. The van der Waals surface area contributed by atoms with Gasteiger partial charge in [-0.15, -0.1) is 0 Å². The van der Waals surface area contributed by atoms with Crippen LogP contribution in [0.15, 0.2) is 47.4 Å². The van der Waals surface area contributed by atoms with Crippen LogP contribution in [0.3, 0.4) is 0 Å². The summed E-state index contributed by atoms with van der Waals surface area (Å²) in [6, 6.07) is 11.0. The van der Waals surface area contributed by atoms with E-state index in [4.69, 9.17) is 15.8 Å². The number of anilines is 1. The summed E-state index contributed by atoms with van der Waals surface area (Å²) in [5, 5.41) is 0.225. The largest absolute Gasteiger partial charge is 0.377 e. The van der Waals surface area contributed by atoms with Crippen LogP contribution in [0.5, 0.6) is 5.75 Å². The van der Waals surface area contributed by atoms with Crippen LogP contribution in [0.2, 0.25) is 5.02 Å². The Kier molecular flexibility index (Phi) is 4.51. The predicted octanol–water partition coefficient (Wildman–Crippen LogP) is 3.54. The van der Waals surface area contributed by atoms with Gasteiger partial charge in [-0.1, -0.05) is 17.7 Å². The molecule has 2 aromatic rings. The molecule has 0 spiro atoms. The first-order chi connectivity index (χ1) is 11.4. The summed E-state index contributed by atoms with van der Waals surface area (Å²) in [5.74, 6) is 0.142. The molecule has 1 saturated heterocycles. The molecule has 0 N–H and O–H groups in total. The number of nitrogens with zero attached hydrogens (tertiary/aromatic N) is 1. The molecule has 126 valence electrons. The highest BCUT2D eigenvalue weighted by atomic mass is 35.5. The zero-order valence-electron chi connectivity index (χ0n) is 13.0. The maximum Gasteiger partial charge on any atom is 0.339 e. The molecule has 1 amide bonds. The second-order valence-electron chi connectivity index (χ2n) is 5.61. The van der Waals surface area contributed by atoms with Crippen molar-refractivity contribution < 1.29 is 17.4 Å². The second kappa shape index (κ2) is 6.45. The van der Waals surface area contributed by atoms with Gasteiger partial charge in [-0.2, -0.15) is 8.42 Å². The summed E-state index contributed by atoms with van der Waals surface area (Å²) in [6.45, 7) is 2.47. The van der Waals surface area contributed by atoms with E-state index in [9.17, 15) is 13.2 Å². The molecular weight excluding hydrogens is 350 g/mol. The van der Waals surface area contributed by atoms with Crippen LogP contribution in [0, 0.1) is 6.92 Å². The summed E-state index contributed by atoms with van der Waals surface area (Å²) in [5.41, 5.74) is 1.53. The van der Waals surface area contributed by atoms with Crippen molar-refractivity contribution in [2.24, 2.45) is 0 Å². The van der Waals surface area contributed by atoms with Crippen LogP contribution in [-0.4, -0.2) is 20.9 Å². The Hall–Kier alpha value is -2.05. The van der Waals surface area contributed by atoms with E-state index in [0.717, 1.165) is 12.0 Å². The second-order valence-corrected chi connectivity index (χ2v) is 7.57. The quantitative estimate of drug-likeness (QED) is 0.777. The standard InChI is InChI=1S/C17H16ClNO4S/c1-12-4-9-15(18)16(11-12)23-24(21,22)14-7-5-13(6-8-14)19-10-2-3-17(19)20/h4-9,11H,2-3,10H2,1H3. The van der Waals surface area contributed by atoms with Crippen molar-refractivity contribution in [3.8, 4) is 5.75 Å². The van der Waals surface area contributed by atoms with E-state index in [1.54, 1.807) is 35.2 Å². The number of rotatable bonds is 4. The molecule has 1 aliphatic rings. The van der Waals surface area contributed by atoms with E-state index in [1.165, 1.54) is 12.1 Å². The Morgan fingerprint density at radius 3 is 2.46 bits per heavy atom. The zero-order chi connectivity index (χ0) is 17.3. The first kappa shape index (κ1) is 16.8. The summed E-state index contributed by atoms with van der Waals surface area (Å²) in [4.78, 5) is 13.4. The predicted molar refractivity (Wildman–Crippen MR) is 92.0 cm³/mol. The molecule has 0 saturated carbocycles. The lowest BCUT2D eigenvalue weighted by Crippen LogP contribution is -2.23. The van der Waals surface area contributed by atoms with Gasteiger partial charge in [-0.3, -0.25) is 4.79 Å². The molecule has 0 radical (unpaired) electrons. The van der Waals surface area contributed by atoms with E-state index in [2.05, 4.69) is 0 Å². The Morgan fingerprint density at radius 2 is 1.83 bits per heavy atom. The molecule has 1 aliphatic heterocycles. The van der Waals surface area contributed by atoms with E-state index in [0.29, 0.717) is 18.7 Å². The molecule has 7 heteroatoms. The molecule has 0 bridgehead atoms. The van der Waals surface area contributed by atoms with Gasteiger partial charge >= 0.3 is 10.1 Å². The van der Waals surface area contributed by atoms with Crippen molar-refractivity contribution in [2.45, 2.75) is 24.7 Å². The molecule has 0 aromatic heterocycles. The molecule has 3 rings (SSSR count). The number of halogens is 1. The van der Waals surface area contributed by atoms with Crippen molar-refractivity contribution in [1.82, 2.24) is 0 Å². The summed E-state index contributed by atoms with van der Waals surface area (Å²) < 4.78 is 29.9. The van der Waals surface area contributed by atoms with Gasteiger partial charge in [0.25, 0.3) is 0 Å². The Labute approximate surface area is 145 Å². The van der Waals surface area contributed by atoms with E-state index >= 15 is 0 Å². The molecule has 0 aliphatic carbocycles. The third-order valence-electron chi connectivity index (χ3n) is 3.80. The maximum absolute atomic E-state index is 12.4. The fourth-order valence-electron chi connectivity index (χ4n) is 2.55. The molecule has 1 heterocycles. The molecule has 0 atom stereocenters. The highest BCUT2D eigenvalue weighted by molar-refractivity contribution is 7.87. The van der Waals surface area contributed by atoms with Crippen LogP contribution in [0.1, 0.15) is 18.4 Å². The van der Waals surface area contributed by atoms with E-state index in [1.807, 2.05) is 6.92 Å². The molecule has 5 nitrogen and oxygen atoms in total. The van der Waals surface area contributed by atoms with E-state index < -0.39 is 10.1 Å².